The lowest BCUT2D eigenvalue weighted by Gasteiger charge is -2.07. The molecule has 7 heteroatoms. The fourth-order valence-electron chi connectivity index (χ4n) is 2.71. The minimum atomic E-state index is -1.48. The number of anilines is 1. The van der Waals surface area contributed by atoms with Crippen LogP contribution in [0, 0.1) is 17.2 Å². The predicted molar refractivity (Wildman–Crippen MR) is 112 cm³/mol. The quantitative estimate of drug-likeness (QED) is 0.331. The van der Waals surface area contributed by atoms with E-state index in [1.807, 2.05) is 30.3 Å². The van der Waals surface area contributed by atoms with Crippen molar-refractivity contribution < 1.29 is 18.8 Å². The summed E-state index contributed by atoms with van der Waals surface area (Å²) >= 11 is 3.35. The molecule has 0 aliphatic carbocycles. The lowest BCUT2D eigenvalue weighted by molar-refractivity contribution is -0.127. The van der Waals surface area contributed by atoms with Crippen LogP contribution in [-0.4, -0.2) is 17.5 Å². The second-order valence-electron chi connectivity index (χ2n) is 6.22. The molecule has 0 saturated carbocycles. The molecule has 29 heavy (non-hydrogen) atoms. The molecule has 3 aromatic rings. The maximum absolute atomic E-state index is 12.8. The zero-order chi connectivity index (χ0) is 21.0. The molecule has 1 unspecified atom stereocenters. The molecule has 0 aliphatic rings. The number of hydrogen-bond acceptors (Lipinski definition) is 5. The first-order valence-electron chi connectivity index (χ1n) is 8.61. The smallest absolute Gasteiger partial charge is 0.249 e. The largest absolute Gasteiger partial charge is 0.450 e. The number of nitrogens with zero attached hydrogens (tertiary/aromatic N) is 1. The molecule has 0 saturated heterocycles. The molecule has 144 valence electrons. The first-order valence-corrected chi connectivity index (χ1v) is 9.40. The number of nitriles is 1. The van der Waals surface area contributed by atoms with Crippen molar-refractivity contribution in [3.63, 3.8) is 0 Å². The highest BCUT2D eigenvalue weighted by Gasteiger charge is 2.27. The minimum Gasteiger partial charge on any atom is -0.450 e. The average molecular weight is 451 g/mol. The SMILES string of the molecule is CC(=O)C(C#N)C(=O)Nc1c(C(=O)C=Cc2ccccc2)oc2ccc(Br)cc12. The fraction of sp³-hybridized carbons (Fsp3) is 0.0909. The summed E-state index contributed by atoms with van der Waals surface area (Å²) in [6.45, 7) is 1.16. The van der Waals surface area contributed by atoms with E-state index in [0.717, 1.165) is 12.5 Å². The van der Waals surface area contributed by atoms with Crippen LogP contribution >= 0.6 is 15.9 Å². The number of carbonyl (C=O) groups excluding carboxylic acids is 3. The summed E-state index contributed by atoms with van der Waals surface area (Å²) in [5, 5.41) is 12.1. The molecule has 1 atom stereocenters. The van der Waals surface area contributed by atoms with Gasteiger partial charge in [0, 0.05) is 9.86 Å². The number of rotatable bonds is 6. The van der Waals surface area contributed by atoms with Crippen LogP contribution in [0.3, 0.4) is 0 Å². The number of benzene rings is 2. The number of furan rings is 1. The summed E-state index contributed by atoms with van der Waals surface area (Å²) in [6, 6.07) is 16.0. The molecular formula is C22H15BrN2O4. The van der Waals surface area contributed by atoms with Gasteiger partial charge in [-0.1, -0.05) is 52.3 Å². The molecule has 1 N–H and O–H groups in total. The van der Waals surface area contributed by atoms with E-state index in [-0.39, 0.29) is 11.4 Å². The van der Waals surface area contributed by atoms with E-state index in [1.165, 1.54) is 6.08 Å². The number of Topliss-reactive ketones (excluding diaryl/α,β-unsaturated/α-hetero) is 1. The lowest BCUT2D eigenvalue weighted by Crippen LogP contribution is -2.27. The number of halogens is 1. The van der Waals surface area contributed by atoms with Gasteiger partial charge in [0.1, 0.15) is 5.58 Å². The highest BCUT2D eigenvalue weighted by molar-refractivity contribution is 9.10. The van der Waals surface area contributed by atoms with Gasteiger partial charge in [-0.05, 0) is 36.8 Å². The molecule has 0 spiro atoms. The third-order valence-corrected chi connectivity index (χ3v) is 4.64. The van der Waals surface area contributed by atoms with E-state index in [4.69, 9.17) is 9.68 Å². The maximum Gasteiger partial charge on any atom is 0.249 e. The van der Waals surface area contributed by atoms with E-state index in [1.54, 1.807) is 30.3 Å². The zero-order valence-corrected chi connectivity index (χ0v) is 16.9. The van der Waals surface area contributed by atoms with Crippen molar-refractivity contribution in [2.24, 2.45) is 5.92 Å². The molecule has 1 heterocycles. The van der Waals surface area contributed by atoms with Crippen molar-refractivity contribution in [2.75, 3.05) is 5.32 Å². The summed E-state index contributed by atoms with van der Waals surface area (Å²) < 4.78 is 6.39. The van der Waals surface area contributed by atoms with Crippen molar-refractivity contribution in [1.82, 2.24) is 0 Å². The summed E-state index contributed by atoms with van der Waals surface area (Å²) in [4.78, 5) is 36.7. The van der Waals surface area contributed by atoms with Crippen LogP contribution in [0.5, 0.6) is 0 Å². The molecule has 3 rings (SSSR count). The molecule has 0 fully saturated rings. The monoisotopic (exact) mass is 450 g/mol. The van der Waals surface area contributed by atoms with Crippen molar-refractivity contribution >= 4 is 56.1 Å². The second-order valence-corrected chi connectivity index (χ2v) is 7.13. The number of carbonyl (C=O) groups is 3. The van der Waals surface area contributed by atoms with Crippen molar-refractivity contribution in [2.45, 2.75) is 6.92 Å². The summed E-state index contributed by atoms with van der Waals surface area (Å²) in [6.07, 6.45) is 2.97. The first-order chi connectivity index (χ1) is 13.9. The van der Waals surface area contributed by atoms with Gasteiger partial charge in [-0.25, -0.2) is 0 Å². The van der Waals surface area contributed by atoms with Crippen molar-refractivity contribution in [1.29, 1.82) is 5.26 Å². The highest BCUT2D eigenvalue weighted by Crippen LogP contribution is 2.34. The van der Waals surface area contributed by atoms with Crippen LogP contribution in [-0.2, 0) is 9.59 Å². The maximum atomic E-state index is 12.8. The van der Waals surface area contributed by atoms with E-state index in [2.05, 4.69) is 21.2 Å². The van der Waals surface area contributed by atoms with E-state index < -0.39 is 23.4 Å². The van der Waals surface area contributed by atoms with Crippen LogP contribution in [0.25, 0.3) is 17.0 Å². The minimum absolute atomic E-state index is 0.0844. The Bertz CT molecular complexity index is 1170. The summed E-state index contributed by atoms with van der Waals surface area (Å²) in [5.74, 6) is -3.43. The molecule has 0 radical (unpaired) electrons. The van der Waals surface area contributed by atoms with Crippen LogP contribution in [0.4, 0.5) is 5.69 Å². The third kappa shape index (κ3) is 4.50. The molecule has 6 nitrogen and oxygen atoms in total. The van der Waals surface area contributed by atoms with Crippen LogP contribution in [0.1, 0.15) is 23.0 Å². The Balaban J connectivity index is 2.02. The molecular weight excluding hydrogens is 436 g/mol. The van der Waals surface area contributed by atoms with Gasteiger partial charge in [-0.3, -0.25) is 14.4 Å². The zero-order valence-electron chi connectivity index (χ0n) is 15.3. The van der Waals surface area contributed by atoms with Crippen molar-refractivity contribution in [3.05, 3.63) is 70.4 Å². The average Bonchev–Trinajstić information content (AvgIpc) is 3.05. The molecule has 1 aromatic heterocycles. The van der Waals surface area contributed by atoms with Gasteiger partial charge in [0.2, 0.25) is 11.7 Å². The Kier molecular flexibility index (Phi) is 6.05. The normalized spacial score (nSPS) is 11.9. The molecule has 0 bridgehead atoms. The van der Waals surface area contributed by atoms with Gasteiger partial charge < -0.3 is 9.73 Å². The number of hydrogen-bond donors (Lipinski definition) is 1. The molecule has 1 amide bonds. The Labute approximate surface area is 174 Å². The van der Waals surface area contributed by atoms with Gasteiger partial charge in [0.05, 0.1) is 11.8 Å². The Morgan fingerprint density at radius 2 is 1.90 bits per heavy atom. The van der Waals surface area contributed by atoms with Crippen LogP contribution in [0.15, 0.2) is 63.5 Å². The number of ketones is 2. The second kappa shape index (κ2) is 8.67. The Morgan fingerprint density at radius 1 is 1.17 bits per heavy atom. The standard InChI is InChI=1S/C22H15BrN2O4/c1-13(26)17(12-24)22(28)25-20-16-11-15(23)8-10-19(16)29-21(20)18(27)9-7-14-5-3-2-4-6-14/h2-11,17H,1H3,(H,25,28). The number of nitrogens with one attached hydrogen (secondary N) is 1. The fourth-order valence-corrected chi connectivity index (χ4v) is 3.07. The van der Waals surface area contributed by atoms with Gasteiger partial charge >= 0.3 is 0 Å². The third-order valence-electron chi connectivity index (χ3n) is 4.15. The van der Waals surface area contributed by atoms with Crippen molar-refractivity contribution in [3.8, 4) is 6.07 Å². The van der Waals surface area contributed by atoms with Gasteiger partial charge in [-0.2, -0.15) is 5.26 Å². The topological polar surface area (TPSA) is 100 Å². The van der Waals surface area contributed by atoms with E-state index >= 15 is 0 Å². The van der Waals surface area contributed by atoms with Crippen LogP contribution < -0.4 is 5.32 Å². The highest BCUT2D eigenvalue weighted by atomic mass is 79.9. The van der Waals surface area contributed by atoms with Gasteiger partial charge in [0.25, 0.3) is 0 Å². The molecule has 2 aromatic carbocycles. The lowest BCUT2D eigenvalue weighted by atomic mass is 10.1. The number of fused-ring (bicyclic) bond motifs is 1. The first kappa shape index (κ1) is 20.2. The number of amides is 1. The van der Waals surface area contributed by atoms with Gasteiger partial charge in [-0.15, -0.1) is 0 Å². The van der Waals surface area contributed by atoms with Gasteiger partial charge in [0.15, 0.2) is 17.5 Å². The molecule has 0 aliphatic heterocycles. The Hall–Kier alpha value is -3.50. The summed E-state index contributed by atoms with van der Waals surface area (Å²) in [7, 11) is 0. The summed E-state index contributed by atoms with van der Waals surface area (Å²) in [5.41, 5.74) is 1.33. The predicted octanol–water partition coefficient (Wildman–Crippen LogP) is 4.76. The van der Waals surface area contributed by atoms with E-state index in [9.17, 15) is 14.4 Å². The number of allylic oxidation sites excluding steroid dienone is 1. The van der Waals surface area contributed by atoms with Crippen LogP contribution in [0.2, 0.25) is 0 Å². The van der Waals surface area contributed by atoms with E-state index in [0.29, 0.717) is 15.4 Å². The Morgan fingerprint density at radius 3 is 2.55 bits per heavy atom.